The molecule has 0 radical (unpaired) electrons. The molecule has 0 bridgehead atoms. The van der Waals surface area contributed by atoms with Crippen molar-refractivity contribution in [1.82, 2.24) is 18.5 Å². The molecular weight excluding hydrogens is 390 g/mol. The number of rotatable bonds is 3. The molecule has 7 nitrogen and oxygen atoms in total. The standard InChI is InChI=1S/C18H18F2N4O3S/c1-22-16(11-18(25)24-17(22)2-5-21-24)12-3-6-23(7-4-12)28(26,27)15-9-13(19)8-14(20)10-15/h2,5,8-12H,3-4,6-7H2,1H3. The van der Waals surface area contributed by atoms with Gasteiger partial charge >= 0.3 is 0 Å². The largest absolute Gasteiger partial charge is 0.333 e. The molecule has 0 amide bonds. The Balaban J connectivity index is 1.58. The third-order valence-electron chi connectivity index (χ3n) is 5.18. The summed E-state index contributed by atoms with van der Waals surface area (Å²) < 4.78 is 56.7. The van der Waals surface area contributed by atoms with Gasteiger partial charge in [-0.25, -0.2) is 17.2 Å². The van der Waals surface area contributed by atoms with E-state index in [1.807, 2.05) is 11.6 Å². The minimum Gasteiger partial charge on any atom is -0.333 e. The van der Waals surface area contributed by atoms with Crippen LogP contribution in [0.2, 0.25) is 0 Å². The average Bonchev–Trinajstić information content (AvgIpc) is 3.15. The summed E-state index contributed by atoms with van der Waals surface area (Å²) in [5.74, 6) is -1.87. The Labute approximate surface area is 159 Å². The van der Waals surface area contributed by atoms with E-state index in [9.17, 15) is 22.0 Å². The van der Waals surface area contributed by atoms with Gasteiger partial charge in [0, 0.05) is 49.9 Å². The number of benzene rings is 1. The number of fused-ring (bicyclic) bond motifs is 1. The van der Waals surface area contributed by atoms with E-state index in [0.717, 1.165) is 17.8 Å². The highest BCUT2D eigenvalue weighted by Gasteiger charge is 2.31. The smallest absolute Gasteiger partial charge is 0.274 e. The molecule has 1 aliphatic rings. The molecule has 0 unspecified atom stereocenters. The van der Waals surface area contributed by atoms with Gasteiger partial charge in [-0.15, -0.1) is 0 Å². The molecule has 0 saturated carbocycles. The van der Waals surface area contributed by atoms with Crippen molar-refractivity contribution in [1.29, 1.82) is 0 Å². The first-order valence-corrected chi connectivity index (χ1v) is 10.2. The maximum absolute atomic E-state index is 13.4. The molecule has 28 heavy (non-hydrogen) atoms. The van der Waals surface area contributed by atoms with Crippen LogP contribution in [0.15, 0.2) is 46.2 Å². The Bertz CT molecular complexity index is 1190. The van der Waals surface area contributed by atoms with Gasteiger partial charge in [0.1, 0.15) is 17.3 Å². The summed E-state index contributed by atoms with van der Waals surface area (Å²) in [6, 6.07) is 5.54. The van der Waals surface area contributed by atoms with Gasteiger partial charge in [-0.1, -0.05) is 0 Å². The molecule has 0 atom stereocenters. The van der Waals surface area contributed by atoms with Crippen LogP contribution in [0.3, 0.4) is 0 Å². The molecule has 148 valence electrons. The third-order valence-corrected chi connectivity index (χ3v) is 7.06. The van der Waals surface area contributed by atoms with Crippen LogP contribution in [-0.2, 0) is 17.1 Å². The first-order chi connectivity index (χ1) is 13.3. The average molecular weight is 408 g/mol. The van der Waals surface area contributed by atoms with Gasteiger partial charge in [-0.2, -0.15) is 13.9 Å². The predicted molar refractivity (Wildman–Crippen MR) is 97.5 cm³/mol. The van der Waals surface area contributed by atoms with Gasteiger partial charge in [0.05, 0.1) is 11.1 Å². The van der Waals surface area contributed by atoms with E-state index in [1.54, 1.807) is 12.3 Å². The second-order valence-corrected chi connectivity index (χ2v) is 8.79. The molecule has 1 saturated heterocycles. The number of sulfonamides is 1. The fraction of sp³-hybridized carbons (Fsp3) is 0.333. The second-order valence-electron chi connectivity index (χ2n) is 6.85. The first-order valence-electron chi connectivity index (χ1n) is 8.77. The van der Waals surface area contributed by atoms with Crippen molar-refractivity contribution >= 4 is 15.7 Å². The summed E-state index contributed by atoms with van der Waals surface area (Å²) in [6.07, 6.45) is 2.54. The summed E-state index contributed by atoms with van der Waals surface area (Å²) in [7, 11) is -2.15. The van der Waals surface area contributed by atoms with Gasteiger partial charge in [0.25, 0.3) is 5.56 Å². The fourth-order valence-corrected chi connectivity index (χ4v) is 5.26. The molecule has 2 aromatic heterocycles. The zero-order chi connectivity index (χ0) is 20.1. The van der Waals surface area contributed by atoms with Crippen LogP contribution in [-0.4, -0.2) is 40.0 Å². The van der Waals surface area contributed by atoms with Gasteiger partial charge < -0.3 is 4.57 Å². The quantitative estimate of drug-likeness (QED) is 0.663. The molecule has 0 aliphatic carbocycles. The van der Waals surface area contributed by atoms with E-state index < -0.39 is 26.6 Å². The topological polar surface area (TPSA) is 76.7 Å². The first kappa shape index (κ1) is 18.8. The summed E-state index contributed by atoms with van der Waals surface area (Å²) in [5, 5.41) is 3.99. The Morgan fingerprint density at radius 1 is 1.07 bits per heavy atom. The minimum absolute atomic E-state index is 0.00621. The Morgan fingerprint density at radius 3 is 2.36 bits per heavy atom. The van der Waals surface area contributed by atoms with E-state index in [4.69, 9.17) is 0 Å². The molecule has 1 aliphatic heterocycles. The van der Waals surface area contributed by atoms with Crippen molar-refractivity contribution in [2.45, 2.75) is 23.7 Å². The SMILES string of the molecule is Cn1c(C2CCN(S(=O)(=O)c3cc(F)cc(F)c3)CC2)cc(=O)n2nccc12. The van der Waals surface area contributed by atoms with Crippen LogP contribution in [0.25, 0.3) is 5.65 Å². The van der Waals surface area contributed by atoms with Crippen molar-refractivity contribution in [3.05, 3.63) is 64.2 Å². The highest BCUT2D eigenvalue weighted by molar-refractivity contribution is 7.89. The minimum atomic E-state index is -3.99. The van der Waals surface area contributed by atoms with Crippen LogP contribution < -0.4 is 5.56 Å². The molecule has 4 rings (SSSR count). The molecule has 3 aromatic rings. The highest BCUT2D eigenvalue weighted by atomic mass is 32.2. The summed E-state index contributed by atoms with van der Waals surface area (Å²) in [4.78, 5) is 11.8. The lowest BCUT2D eigenvalue weighted by atomic mass is 9.94. The monoisotopic (exact) mass is 408 g/mol. The maximum atomic E-state index is 13.4. The highest BCUT2D eigenvalue weighted by Crippen LogP contribution is 2.30. The predicted octanol–water partition coefficient (Wildman–Crippen LogP) is 1.88. The van der Waals surface area contributed by atoms with Gasteiger partial charge in [0.2, 0.25) is 10.0 Å². The Morgan fingerprint density at radius 2 is 1.71 bits per heavy atom. The number of aromatic nitrogens is 3. The van der Waals surface area contributed by atoms with Crippen molar-refractivity contribution in [3.63, 3.8) is 0 Å². The number of aryl methyl sites for hydroxylation is 1. The van der Waals surface area contributed by atoms with E-state index in [-0.39, 0.29) is 24.6 Å². The normalized spacial score (nSPS) is 16.7. The van der Waals surface area contributed by atoms with Crippen LogP contribution in [0.4, 0.5) is 8.78 Å². The lowest BCUT2D eigenvalue weighted by Gasteiger charge is -2.32. The van der Waals surface area contributed by atoms with Crippen LogP contribution >= 0.6 is 0 Å². The molecule has 10 heteroatoms. The molecule has 0 N–H and O–H groups in total. The molecule has 1 fully saturated rings. The van der Waals surface area contributed by atoms with Crippen molar-refractivity contribution in [2.24, 2.45) is 7.05 Å². The zero-order valence-corrected chi connectivity index (χ0v) is 15.9. The maximum Gasteiger partial charge on any atom is 0.274 e. The van der Waals surface area contributed by atoms with E-state index in [2.05, 4.69) is 5.10 Å². The Kier molecular flexibility index (Phi) is 4.54. The third kappa shape index (κ3) is 3.12. The van der Waals surface area contributed by atoms with Crippen LogP contribution in [0.1, 0.15) is 24.5 Å². The second kappa shape index (κ2) is 6.78. The molecular formula is C18H18F2N4O3S. The Hall–Kier alpha value is -2.59. The van der Waals surface area contributed by atoms with Gasteiger partial charge in [0.15, 0.2) is 0 Å². The van der Waals surface area contributed by atoms with Crippen molar-refractivity contribution in [3.8, 4) is 0 Å². The van der Waals surface area contributed by atoms with Gasteiger partial charge in [-0.3, -0.25) is 4.79 Å². The number of hydrogen-bond acceptors (Lipinski definition) is 4. The van der Waals surface area contributed by atoms with Gasteiger partial charge in [-0.05, 0) is 25.0 Å². The van der Waals surface area contributed by atoms with Crippen LogP contribution in [0, 0.1) is 11.6 Å². The van der Waals surface area contributed by atoms with E-state index in [1.165, 1.54) is 14.9 Å². The summed E-state index contributed by atoms with van der Waals surface area (Å²) in [6.45, 7) is 0.396. The summed E-state index contributed by atoms with van der Waals surface area (Å²) in [5.41, 5.74) is 1.23. The molecule has 3 heterocycles. The molecule has 1 aromatic carbocycles. The lowest BCUT2D eigenvalue weighted by molar-refractivity contribution is 0.313. The zero-order valence-electron chi connectivity index (χ0n) is 15.0. The molecule has 0 spiro atoms. The van der Waals surface area contributed by atoms with E-state index in [0.29, 0.717) is 24.6 Å². The number of nitrogens with zero attached hydrogens (tertiary/aromatic N) is 4. The fourth-order valence-electron chi connectivity index (χ4n) is 3.75. The lowest BCUT2D eigenvalue weighted by Crippen LogP contribution is -2.38. The number of halogens is 2. The van der Waals surface area contributed by atoms with Crippen molar-refractivity contribution in [2.75, 3.05) is 13.1 Å². The van der Waals surface area contributed by atoms with Crippen molar-refractivity contribution < 1.29 is 17.2 Å². The summed E-state index contributed by atoms with van der Waals surface area (Å²) >= 11 is 0. The van der Waals surface area contributed by atoms with Crippen LogP contribution in [0.5, 0.6) is 0 Å². The van der Waals surface area contributed by atoms with E-state index >= 15 is 0 Å². The number of hydrogen-bond donors (Lipinski definition) is 0. The number of piperidine rings is 1.